The Bertz CT molecular complexity index is 315. The fraction of sp³-hybridized carbons (Fsp3) is 0.857. The molecule has 4 nitrogen and oxygen atoms in total. The normalized spacial score (nSPS) is 23.8. The van der Waals surface area contributed by atoms with Crippen LogP contribution in [0.5, 0.6) is 0 Å². The van der Waals surface area contributed by atoms with Gasteiger partial charge in [-0.15, -0.1) is 0 Å². The summed E-state index contributed by atoms with van der Waals surface area (Å²) in [4.78, 5) is 23.4. The van der Waals surface area contributed by atoms with E-state index in [1.807, 2.05) is 0 Å². The van der Waals surface area contributed by atoms with Crippen molar-refractivity contribution in [2.45, 2.75) is 69.7 Å². The number of carboxylic acid groups (broad SMARTS) is 1. The number of carbonyl (C=O) groups is 2. The van der Waals surface area contributed by atoms with Gasteiger partial charge in [0.05, 0.1) is 0 Å². The molecule has 4 heteroatoms. The Balaban J connectivity index is 1.91. The first kappa shape index (κ1) is 13.4. The molecule has 2 rings (SSSR count). The average Bonchev–Trinajstić information content (AvgIpc) is 2.82. The van der Waals surface area contributed by atoms with Crippen LogP contribution >= 0.6 is 0 Å². The summed E-state index contributed by atoms with van der Waals surface area (Å²) in [6.07, 6.45) is 9.21. The van der Waals surface area contributed by atoms with Crippen molar-refractivity contribution in [2.75, 3.05) is 0 Å². The Morgan fingerprint density at radius 1 is 1.06 bits per heavy atom. The van der Waals surface area contributed by atoms with Gasteiger partial charge in [0, 0.05) is 6.42 Å². The molecule has 2 N–H and O–H groups in total. The van der Waals surface area contributed by atoms with E-state index in [1.54, 1.807) is 0 Å². The van der Waals surface area contributed by atoms with E-state index in [9.17, 15) is 14.7 Å². The monoisotopic (exact) mass is 253 g/mol. The quantitative estimate of drug-likeness (QED) is 0.808. The molecule has 0 heterocycles. The second kappa shape index (κ2) is 5.72. The fourth-order valence-corrected chi connectivity index (χ4v) is 3.34. The summed E-state index contributed by atoms with van der Waals surface area (Å²) in [5.74, 6) is -0.451. The lowest BCUT2D eigenvalue weighted by molar-refractivity contribution is -0.149. The number of hydrogen-bond donors (Lipinski definition) is 2. The van der Waals surface area contributed by atoms with E-state index >= 15 is 0 Å². The van der Waals surface area contributed by atoms with E-state index in [4.69, 9.17) is 0 Å². The summed E-state index contributed by atoms with van der Waals surface area (Å²) in [6, 6.07) is 0. The summed E-state index contributed by atoms with van der Waals surface area (Å²) in [5, 5.41) is 12.2. The van der Waals surface area contributed by atoms with E-state index < -0.39 is 11.5 Å². The predicted octanol–water partition coefficient (Wildman–Crippen LogP) is 2.47. The third-order valence-electron chi connectivity index (χ3n) is 4.44. The average molecular weight is 253 g/mol. The number of hydrogen-bond acceptors (Lipinski definition) is 2. The third kappa shape index (κ3) is 3.03. The molecular weight excluding hydrogens is 230 g/mol. The standard InChI is InChI=1S/C14H23NO3/c16-12(10-11-6-2-3-7-11)15-14(13(17)18)8-4-1-5-9-14/h11H,1-10H2,(H,15,16)(H,17,18). The van der Waals surface area contributed by atoms with Gasteiger partial charge >= 0.3 is 5.97 Å². The van der Waals surface area contributed by atoms with Crippen molar-refractivity contribution in [2.24, 2.45) is 5.92 Å². The van der Waals surface area contributed by atoms with Crippen molar-refractivity contribution in [3.63, 3.8) is 0 Å². The van der Waals surface area contributed by atoms with Gasteiger partial charge in [-0.25, -0.2) is 4.79 Å². The van der Waals surface area contributed by atoms with E-state index in [0.717, 1.165) is 32.1 Å². The van der Waals surface area contributed by atoms with E-state index in [-0.39, 0.29) is 5.91 Å². The molecular formula is C14H23NO3. The molecule has 18 heavy (non-hydrogen) atoms. The van der Waals surface area contributed by atoms with Crippen LogP contribution < -0.4 is 5.32 Å². The maximum absolute atomic E-state index is 12.0. The van der Waals surface area contributed by atoms with Crippen molar-refractivity contribution in [1.82, 2.24) is 5.32 Å². The molecule has 2 fully saturated rings. The molecule has 0 aliphatic heterocycles. The minimum Gasteiger partial charge on any atom is -0.480 e. The molecule has 0 bridgehead atoms. The van der Waals surface area contributed by atoms with Crippen LogP contribution in [0.4, 0.5) is 0 Å². The number of rotatable bonds is 4. The van der Waals surface area contributed by atoms with Crippen molar-refractivity contribution < 1.29 is 14.7 Å². The highest BCUT2D eigenvalue weighted by Gasteiger charge is 2.41. The number of aliphatic carboxylic acids is 1. The summed E-state index contributed by atoms with van der Waals surface area (Å²) >= 11 is 0. The molecule has 102 valence electrons. The molecule has 0 aromatic carbocycles. The molecule has 0 unspecified atom stereocenters. The zero-order valence-corrected chi connectivity index (χ0v) is 10.9. The first-order chi connectivity index (χ1) is 8.62. The molecule has 2 aliphatic carbocycles. The van der Waals surface area contributed by atoms with E-state index in [2.05, 4.69) is 5.32 Å². The van der Waals surface area contributed by atoms with Crippen molar-refractivity contribution in [3.05, 3.63) is 0 Å². The molecule has 0 aromatic heterocycles. The van der Waals surface area contributed by atoms with Crippen molar-refractivity contribution >= 4 is 11.9 Å². The van der Waals surface area contributed by atoms with Crippen molar-refractivity contribution in [1.29, 1.82) is 0 Å². The molecule has 0 saturated heterocycles. The van der Waals surface area contributed by atoms with Crippen LogP contribution in [0.3, 0.4) is 0 Å². The lowest BCUT2D eigenvalue weighted by Crippen LogP contribution is -2.55. The smallest absolute Gasteiger partial charge is 0.329 e. The highest BCUT2D eigenvalue weighted by atomic mass is 16.4. The zero-order chi connectivity index (χ0) is 13.0. The Labute approximate surface area is 108 Å². The second-order valence-corrected chi connectivity index (χ2v) is 5.85. The summed E-state index contributed by atoms with van der Waals surface area (Å²) in [5.41, 5.74) is -0.978. The SMILES string of the molecule is O=C(CC1CCCC1)NC1(C(=O)O)CCCCC1. The van der Waals surface area contributed by atoms with Gasteiger partial charge in [0.1, 0.15) is 5.54 Å². The van der Waals surface area contributed by atoms with Crippen molar-refractivity contribution in [3.8, 4) is 0 Å². The maximum Gasteiger partial charge on any atom is 0.329 e. The van der Waals surface area contributed by atoms with Crippen LogP contribution in [0.25, 0.3) is 0 Å². The van der Waals surface area contributed by atoms with E-state index in [1.165, 1.54) is 12.8 Å². The van der Waals surface area contributed by atoms with Crippen LogP contribution in [-0.4, -0.2) is 22.5 Å². The lowest BCUT2D eigenvalue weighted by Gasteiger charge is -2.34. The summed E-state index contributed by atoms with van der Waals surface area (Å²) < 4.78 is 0. The highest BCUT2D eigenvalue weighted by Crippen LogP contribution is 2.30. The minimum absolute atomic E-state index is 0.0637. The molecule has 0 aromatic rings. The van der Waals surface area contributed by atoms with Gasteiger partial charge in [0.15, 0.2) is 0 Å². The zero-order valence-electron chi connectivity index (χ0n) is 10.9. The molecule has 2 aliphatic rings. The van der Waals surface area contributed by atoms with Gasteiger partial charge in [-0.2, -0.15) is 0 Å². The topological polar surface area (TPSA) is 66.4 Å². The van der Waals surface area contributed by atoms with Gasteiger partial charge in [-0.1, -0.05) is 32.1 Å². The number of carboxylic acids is 1. The molecule has 1 amide bonds. The Morgan fingerprint density at radius 2 is 1.67 bits per heavy atom. The van der Waals surface area contributed by atoms with Gasteiger partial charge < -0.3 is 10.4 Å². The Kier molecular flexibility index (Phi) is 4.25. The largest absolute Gasteiger partial charge is 0.480 e. The molecule has 0 spiro atoms. The minimum atomic E-state index is -0.978. The molecule has 0 radical (unpaired) electrons. The van der Waals surface area contributed by atoms with Gasteiger partial charge in [0.2, 0.25) is 5.91 Å². The van der Waals surface area contributed by atoms with Gasteiger partial charge in [-0.3, -0.25) is 4.79 Å². The first-order valence-corrected chi connectivity index (χ1v) is 7.17. The van der Waals surface area contributed by atoms with Crippen LogP contribution in [0, 0.1) is 5.92 Å². The van der Waals surface area contributed by atoms with Crippen LogP contribution in [0.2, 0.25) is 0 Å². The lowest BCUT2D eigenvalue weighted by atomic mass is 9.81. The number of amides is 1. The molecule has 0 atom stereocenters. The summed E-state index contributed by atoms with van der Waals surface area (Å²) in [7, 11) is 0. The third-order valence-corrected chi connectivity index (χ3v) is 4.44. The number of nitrogens with one attached hydrogen (secondary N) is 1. The highest BCUT2D eigenvalue weighted by molar-refractivity contribution is 5.87. The Hall–Kier alpha value is -1.06. The molecule has 2 saturated carbocycles. The second-order valence-electron chi connectivity index (χ2n) is 5.85. The van der Waals surface area contributed by atoms with Crippen LogP contribution in [-0.2, 0) is 9.59 Å². The first-order valence-electron chi connectivity index (χ1n) is 7.17. The summed E-state index contributed by atoms with van der Waals surface area (Å²) in [6.45, 7) is 0. The maximum atomic E-state index is 12.0. The van der Waals surface area contributed by atoms with Crippen LogP contribution in [0.1, 0.15) is 64.2 Å². The Morgan fingerprint density at radius 3 is 2.22 bits per heavy atom. The predicted molar refractivity (Wildman–Crippen MR) is 68.2 cm³/mol. The fourth-order valence-electron chi connectivity index (χ4n) is 3.34. The van der Waals surface area contributed by atoms with E-state index in [0.29, 0.717) is 25.2 Å². The van der Waals surface area contributed by atoms with Gasteiger partial charge in [-0.05, 0) is 31.6 Å². The number of carbonyl (C=O) groups excluding carboxylic acids is 1. The van der Waals surface area contributed by atoms with Gasteiger partial charge in [0.25, 0.3) is 0 Å². The van der Waals surface area contributed by atoms with Crippen LogP contribution in [0.15, 0.2) is 0 Å².